The van der Waals surface area contributed by atoms with Crippen LogP contribution >= 0.6 is 11.6 Å². The van der Waals surface area contributed by atoms with Gasteiger partial charge in [-0.2, -0.15) is 0 Å². The average molecular weight is 205 g/mol. The first-order valence-corrected chi connectivity index (χ1v) is 3.55. The molecule has 0 saturated carbocycles. The Morgan fingerprint density at radius 3 is 2.54 bits per heavy atom. The van der Waals surface area contributed by atoms with E-state index in [1.165, 1.54) is 7.05 Å². The Kier molecular flexibility index (Phi) is 2.24. The van der Waals surface area contributed by atoms with Crippen LogP contribution in [0.25, 0.3) is 0 Å². The molecule has 1 heterocycles. The number of hydrogen-bond donors (Lipinski definition) is 2. The van der Waals surface area contributed by atoms with E-state index in [1.807, 2.05) is 4.98 Å². The highest BCUT2D eigenvalue weighted by Gasteiger charge is 2.16. The number of nitrogens with zero attached hydrogens (tertiary/aromatic N) is 1. The molecular formula is C6H5ClN2O4. The number of halogens is 1. The first-order valence-electron chi connectivity index (χ1n) is 3.17. The second-order valence-electron chi connectivity index (χ2n) is 2.29. The summed E-state index contributed by atoms with van der Waals surface area (Å²) >= 11 is 5.38. The second kappa shape index (κ2) is 3.06. The summed E-state index contributed by atoms with van der Waals surface area (Å²) in [5.74, 6) is -1.42. The quantitative estimate of drug-likeness (QED) is 0.641. The lowest BCUT2D eigenvalue weighted by Crippen LogP contribution is -2.33. The molecule has 0 amide bonds. The lowest BCUT2D eigenvalue weighted by atomic mass is 10.4. The molecule has 1 aromatic rings. The molecule has 0 atom stereocenters. The van der Waals surface area contributed by atoms with Gasteiger partial charge in [0.25, 0.3) is 5.56 Å². The molecule has 0 aliphatic rings. The minimum atomic E-state index is -1.42. The zero-order valence-electron chi connectivity index (χ0n) is 6.50. The van der Waals surface area contributed by atoms with Gasteiger partial charge >= 0.3 is 11.7 Å². The molecule has 13 heavy (non-hydrogen) atoms. The predicted molar refractivity (Wildman–Crippen MR) is 44.3 cm³/mol. The normalized spacial score (nSPS) is 10.0. The van der Waals surface area contributed by atoms with E-state index in [0.29, 0.717) is 0 Å². The topological polar surface area (TPSA) is 92.2 Å². The Morgan fingerprint density at radius 1 is 1.54 bits per heavy atom. The molecule has 0 aromatic carbocycles. The summed E-state index contributed by atoms with van der Waals surface area (Å²) in [6.07, 6.45) is 0. The third kappa shape index (κ3) is 1.48. The lowest BCUT2D eigenvalue weighted by Gasteiger charge is -2.02. The Balaban J connectivity index is 3.76. The van der Waals surface area contributed by atoms with Crippen LogP contribution in [0.1, 0.15) is 10.5 Å². The van der Waals surface area contributed by atoms with Crippen molar-refractivity contribution in [3.63, 3.8) is 0 Å². The monoisotopic (exact) mass is 204 g/mol. The summed E-state index contributed by atoms with van der Waals surface area (Å²) in [4.78, 5) is 34.2. The van der Waals surface area contributed by atoms with Gasteiger partial charge in [0, 0.05) is 7.05 Å². The number of H-pyrrole nitrogens is 1. The Labute approximate surface area is 76.4 Å². The zero-order valence-corrected chi connectivity index (χ0v) is 7.25. The fourth-order valence-corrected chi connectivity index (χ4v) is 1.08. The van der Waals surface area contributed by atoms with Crippen molar-refractivity contribution >= 4 is 17.6 Å². The molecule has 1 rings (SSSR count). The van der Waals surface area contributed by atoms with Gasteiger partial charge in [-0.15, -0.1) is 0 Å². The molecule has 0 aliphatic heterocycles. The highest BCUT2D eigenvalue weighted by Crippen LogP contribution is 2.06. The first-order chi connectivity index (χ1) is 5.95. The van der Waals surface area contributed by atoms with Crippen molar-refractivity contribution in [2.45, 2.75) is 0 Å². The van der Waals surface area contributed by atoms with E-state index < -0.39 is 27.9 Å². The van der Waals surface area contributed by atoms with E-state index in [9.17, 15) is 14.4 Å². The van der Waals surface area contributed by atoms with E-state index in [0.717, 1.165) is 4.57 Å². The Hall–Kier alpha value is -1.56. The minimum absolute atomic E-state index is 0.505. The first kappa shape index (κ1) is 9.53. The van der Waals surface area contributed by atoms with E-state index in [4.69, 9.17) is 16.7 Å². The van der Waals surface area contributed by atoms with Crippen molar-refractivity contribution in [3.05, 3.63) is 31.6 Å². The van der Waals surface area contributed by atoms with Crippen LogP contribution in [-0.2, 0) is 7.05 Å². The third-order valence-corrected chi connectivity index (χ3v) is 1.82. The van der Waals surface area contributed by atoms with E-state index in [2.05, 4.69) is 0 Å². The summed E-state index contributed by atoms with van der Waals surface area (Å²) in [6, 6.07) is 0. The standard InChI is InChI=1S/C6H5ClN2O4/c1-9-3(5(11)12)2(7)4(10)8-6(9)13/h1H3,(H,11,12)(H,8,10,13). The fourth-order valence-electron chi connectivity index (χ4n) is 0.830. The molecule has 70 valence electrons. The van der Waals surface area contributed by atoms with E-state index >= 15 is 0 Å². The van der Waals surface area contributed by atoms with E-state index in [-0.39, 0.29) is 0 Å². The predicted octanol–water partition coefficient (Wildman–Crippen LogP) is -0.575. The van der Waals surface area contributed by atoms with Crippen molar-refractivity contribution in [1.29, 1.82) is 0 Å². The number of rotatable bonds is 1. The highest BCUT2D eigenvalue weighted by atomic mass is 35.5. The zero-order chi connectivity index (χ0) is 10.2. The molecule has 0 fully saturated rings. The number of aromatic nitrogens is 2. The summed E-state index contributed by atoms with van der Waals surface area (Å²) in [6.45, 7) is 0. The van der Waals surface area contributed by atoms with Gasteiger partial charge < -0.3 is 5.11 Å². The van der Waals surface area contributed by atoms with Crippen LogP contribution in [0.3, 0.4) is 0 Å². The van der Waals surface area contributed by atoms with Crippen molar-refractivity contribution < 1.29 is 9.90 Å². The SMILES string of the molecule is Cn1c(C(=O)O)c(Cl)c(=O)[nH]c1=O. The molecule has 6 nitrogen and oxygen atoms in total. The number of carbonyl (C=O) groups is 1. The van der Waals surface area contributed by atoms with Gasteiger partial charge in [-0.25, -0.2) is 9.59 Å². The summed E-state index contributed by atoms with van der Waals surface area (Å²) < 4.78 is 0.756. The summed E-state index contributed by atoms with van der Waals surface area (Å²) in [5, 5.41) is 8.09. The van der Waals surface area contributed by atoms with Gasteiger partial charge in [0.15, 0.2) is 5.69 Å². The maximum absolute atomic E-state index is 10.9. The molecule has 0 bridgehead atoms. The van der Waals surface area contributed by atoms with Crippen LogP contribution in [0.5, 0.6) is 0 Å². The van der Waals surface area contributed by atoms with Crippen LogP contribution in [0.2, 0.25) is 5.02 Å². The van der Waals surface area contributed by atoms with Crippen LogP contribution in [0.4, 0.5) is 0 Å². The van der Waals surface area contributed by atoms with Crippen LogP contribution in [-0.4, -0.2) is 20.6 Å². The number of hydrogen-bond acceptors (Lipinski definition) is 3. The van der Waals surface area contributed by atoms with Gasteiger partial charge in [-0.05, 0) is 0 Å². The van der Waals surface area contributed by atoms with Gasteiger partial charge in [-0.1, -0.05) is 11.6 Å². The highest BCUT2D eigenvalue weighted by molar-refractivity contribution is 6.33. The van der Waals surface area contributed by atoms with Crippen LogP contribution < -0.4 is 11.2 Å². The molecule has 2 N–H and O–H groups in total. The molecule has 0 saturated heterocycles. The van der Waals surface area contributed by atoms with Gasteiger partial charge in [-0.3, -0.25) is 14.3 Å². The van der Waals surface area contributed by atoms with Crippen molar-refractivity contribution in [2.24, 2.45) is 7.05 Å². The minimum Gasteiger partial charge on any atom is -0.477 e. The van der Waals surface area contributed by atoms with Crippen LogP contribution in [0, 0.1) is 0 Å². The number of carboxylic acids is 1. The Morgan fingerprint density at radius 2 is 2.08 bits per heavy atom. The summed E-state index contributed by atoms with van der Waals surface area (Å²) in [7, 11) is 1.20. The number of carboxylic acid groups (broad SMARTS) is 1. The maximum atomic E-state index is 10.9. The second-order valence-corrected chi connectivity index (χ2v) is 2.66. The molecular weight excluding hydrogens is 200 g/mol. The Bertz CT molecular complexity index is 438. The smallest absolute Gasteiger partial charge is 0.354 e. The van der Waals surface area contributed by atoms with Crippen LogP contribution in [0.15, 0.2) is 9.59 Å². The van der Waals surface area contributed by atoms with E-state index in [1.54, 1.807) is 0 Å². The molecule has 0 spiro atoms. The number of aromatic carboxylic acids is 1. The van der Waals surface area contributed by atoms with Gasteiger partial charge in [0.2, 0.25) is 0 Å². The maximum Gasteiger partial charge on any atom is 0.354 e. The van der Waals surface area contributed by atoms with Crippen molar-refractivity contribution in [3.8, 4) is 0 Å². The third-order valence-electron chi connectivity index (χ3n) is 1.47. The lowest BCUT2D eigenvalue weighted by molar-refractivity contribution is 0.0684. The summed E-state index contributed by atoms with van der Waals surface area (Å²) in [5.41, 5.74) is -2.23. The molecule has 0 unspecified atom stereocenters. The number of aromatic amines is 1. The van der Waals surface area contributed by atoms with Crippen molar-refractivity contribution in [2.75, 3.05) is 0 Å². The fraction of sp³-hybridized carbons (Fsp3) is 0.167. The molecule has 1 aromatic heterocycles. The van der Waals surface area contributed by atoms with Gasteiger partial charge in [0.1, 0.15) is 5.02 Å². The molecule has 0 aliphatic carbocycles. The average Bonchev–Trinajstić information content (AvgIpc) is 2.01. The molecule has 0 radical (unpaired) electrons. The van der Waals surface area contributed by atoms with Crippen molar-refractivity contribution in [1.82, 2.24) is 9.55 Å². The largest absolute Gasteiger partial charge is 0.477 e. The molecule has 7 heteroatoms. The number of nitrogens with one attached hydrogen (secondary N) is 1. The van der Waals surface area contributed by atoms with Gasteiger partial charge in [0.05, 0.1) is 0 Å².